The lowest BCUT2D eigenvalue weighted by atomic mass is 10.2. The molecule has 2 saturated heterocycles. The molecule has 150 valence electrons. The molecule has 1 aromatic rings. The van der Waals surface area contributed by atoms with Crippen LogP contribution < -0.4 is 0 Å². The number of carbonyl (C=O) groups is 1. The maximum absolute atomic E-state index is 12.8. The number of sulfonamides is 1. The van der Waals surface area contributed by atoms with E-state index < -0.39 is 10.0 Å². The summed E-state index contributed by atoms with van der Waals surface area (Å²) in [5.74, 6) is 0.148. The van der Waals surface area contributed by atoms with Gasteiger partial charge in [-0.2, -0.15) is 4.31 Å². The van der Waals surface area contributed by atoms with Crippen LogP contribution in [0.25, 0.3) is 0 Å². The van der Waals surface area contributed by atoms with Crippen LogP contribution in [0.3, 0.4) is 0 Å². The summed E-state index contributed by atoms with van der Waals surface area (Å²) >= 11 is 11.9. The molecule has 27 heavy (non-hydrogen) atoms. The Kier molecular flexibility index (Phi) is 7.03. The summed E-state index contributed by atoms with van der Waals surface area (Å²) in [6, 6.07) is 4.34. The Morgan fingerprint density at radius 1 is 0.852 bits per heavy atom. The fourth-order valence-corrected chi connectivity index (χ4v) is 5.72. The van der Waals surface area contributed by atoms with Gasteiger partial charge in [-0.05, 0) is 31.0 Å². The molecule has 9 heteroatoms. The van der Waals surface area contributed by atoms with Gasteiger partial charge in [-0.1, -0.05) is 36.0 Å². The van der Waals surface area contributed by atoms with Gasteiger partial charge in [0.15, 0.2) is 0 Å². The predicted octanol–water partition coefficient (Wildman–Crippen LogP) is 2.70. The minimum atomic E-state index is -3.64. The smallest absolute Gasteiger partial charge is 0.243 e. The Bertz CT molecular complexity index is 752. The van der Waals surface area contributed by atoms with Crippen LogP contribution >= 0.6 is 23.2 Å². The summed E-state index contributed by atoms with van der Waals surface area (Å²) in [5, 5.41) is 0.588. The number of hydrogen-bond donors (Lipinski definition) is 0. The molecule has 0 N–H and O–H groups in total. The van der Waals surface area contributed by atoms with Crippen LogP contribution in [0, 0.1) is 0 Å². The molecule has 0 saturated carbocycles. The van der Waals surface area contributed by atoms with E-state index in [-0.39, 0.29) is 10.8 Å². The maximum atomic E-state index is 12.8. The molecule has 3 rings (SSSR count). The highest BCUT2D eigenvalue weighted by atomic mass is 35.5. The molecule has 0 bridgehead atoms. The Labute approximate surface area is 171 Å². The molecule has 0 atom stereocenters. The highest BCUT2D eigenvalue weighted by Crippen LogP contribution is 2.25. The van der Waals surface area contributed by atoms with Gasteiger partial charge in [-0.25, -0.2) is 8.42 Å². The van der Waals surface area contributed by atoms with Crippen LogP contribution in [0.1, 0.15) is 25.7 Å². The van der Waals surface area contributed by atoms with Crippen molar-refractivity contribution < 1.29 is 13.2 Å². The van der Waals surface area contributed by atoms with Crippen molar-refractivity contribution >= 4 is 39.1 Å². The lowest BCUT2D eigenvalue weighted by Gasteiger charge is -2.34. The summed E-state index contributed by atoms with van der Waals surface area (Å²) in [6.07, 6.45) is 4.52. The molecular formula is C18H25Cl2N3O3S. The van der Waals surface area contributed by atoms with Crippen LogP contribution in [-0.2, 0) is 14.8 Å². The molecule has 1 aromatic carbocycles. The molecule has 0 spiro atoms. The van der Waals surface area contributed by atoms with Crippen molar-refractivity contribution in [2.24, 2.45) is 0 Å². The summed E-state index contributed by atoms with van der Waals surface area (Å²) in [6.45, 7) is 3.79. The van der Waals surface area contributed by atoms with Crippen molar-refractivity contribution in [1.29, 1.82) is 0 Å². The third kappa shape index (κ3) is 5.35. The molecule has 2 aliphatic rings. The first-order valence-corrected chi connectivity index (χ1v) is 11.5. The monoisotopic (exact) mass is 433 g/mol. The first kappa shape index (κ1) is 20.9. The van der Waals surface area contributed by atoms with Crippen molar-refractivity contribution in [1.82, 2.24) is 14.1 Å². The number of benzene rings is 1. The first-order valence-electron chi connectivity index (χ1n) is 9.32. The lowest BCUT2D eigenvalue weighted by Crippen LogP contribution is -2.51. The second-order valence-electron chi connectivity index (χ2n) is 7.08. The average Bonchev–Trinajstić information content (AvgIpc) is 2.91. The van der Waals surface area contributed by atoms with Gasteiger partial charge < -0.3 is 4.90 Å². The van der Waals surface area contributed by atoms with Crippen molar-refractivity contribution in [3.05, 3.63) is 28.2 Å². The van der Waals surface area contributed by atoms with E-state index in [1.807, 2.05) is 9.80 Å². The third-order valence-electron chi connectivity index (χ3n) is 5.12. The standard InChI is InChI=1S/C18H25Cl2N3O3S/c19-15-11-16(20)13-17(12-15)27(25,26)23-9-7-21(8-10-23)14-18(24)22-5-3-1-2-4-6-22/h11-13H,1-10,14H2. The highest BCUT2D eigenvalue weighted by molar-refractivity contribution is 7.89. The zero-order valence-corrected chi connectivity index (χ0v) is 17.6. The van der Waals surface area contributed by atoms with Gasteiger partial charge in [0, 0.05) is 49.3 Å². The zero-order chi connectivity index (χ0) is 19.4. The van der Waals surface area contributed by atoms with E-state index in [0.717, 1.165) is 25.9 Å². The van der Waals surface area contributed by atoms with Gasteiger partial charge in [-0.15, -0.1) is 0 Å². The maximum Gasteiger partial charge on any atom is 0.243 e. The fraction of sp³-hybridized carbons (Fsp3) is 0.611. The summed E-state index contributed by atoms with van der Waals surface area (Å²) in [4.78, 5) is 16.6. The van der Waals surface area contributed by atoms with Crippen molar-refractivity contribution in [2.45, 2.75) is 30.6 Å². The third-order valence-corrected chi connectivity index (χ3v) is 7.44. The van der Waals surface area contributed by atoms with Gasteiger partial charge in [0.05, 0.1) is 11.4 Å². The normalized spacial score (nSPS) is 20.4. The van der Waals surface area contributed by atoms with Crippen molar-refractivity contribution in [3.8, 4) is 0 Å². The van der Waals surface area contributed by atoms with Gasteiger partial charge in [-0.3, -0.25) is 9.69 Å². The average molecular weight is 434 g/mol. The molecular weight excluding hydrogens is 409 g/mol. The Hall–Kier alpha value is -0.860. The molecule has 0 aromatic heterocycles. The van der Waals surface area contributed by atoms with E-state index in [2.05, 4.69) is 0 Å². The summed E-state index contributed by atoms with van der Waals surface area (Å²) in [5.41, 5.74) is 0. The molecule has 0 aliphatic carbocycles. The van der Waals surface area contributed by atoms with Crippen molar-refractivity contribution in [3.63, 3.8) is 0 Å². The molecule has 2 heterocycles. The number of halogens is 2. The van der Waals surface area contributed by atoms with E-state index in [0.29, 0.717) is 42.8 Å². The van der Waals surface area contributed by atoms with Gasteiger partial charge in [0.1, 0.15) is 0 Å². The number of piperazine rings is 1. The van der Waals surface area contributed by atoms with E-state index in [1.54, 1.807) is 0 Å². The lowest BCUT2D eigenvalue weighted by molar-refractivity contribution is -0.132. The molecule has 0 radical (unpaired) electrons. The van der Waals surface area contributed by atoms with E-state index in [1.165, 1.54) is 35.3 Å². The Balaban J connectivity index is 1.57. The van der Waals surface area contributed by atoms with Crippen LogP contribution in [0.15, 0.2) is 23.1 Å². The number of carbonyl (C=O) groups excluding carboxylic acids is 1. The molecule has 2 fully saturated rings. The SMILES string of the molecule is O=C(CN1CCN(S(=O)(=O)c2cc(Cl)cc(Cl)c2)CC1)N1CCCCCC1. The fourth-order valence-electron chi connectivity index (χ4n) is 3.57. The Morgan fingerprint density at radius 2 is 1.41 bits per heavy atom. The number of amides is 1. The topological polar surface area (TPSA) is 60.9 Å². The summed E-state index contributed by atoms with van der Waals surface area (Å²) < 4.78 is 27.1. The van der Waals surface area contributed by atoms with Crippen LogP contribution in [-0.4, -0.2) is 74.2 Å². The summed E-state index contributed by atoms with van der Waals surface area (Å²) in [7, 11) is -3.64. The second kappa shape index (κ2) is 9.09. The molecule has 2 aliphatic heterocycles. The van der Waals surface area contributed by atoms with Gasteiger partial charge >= 0.3 is 0 Å². The second-order valence-corrected chi connectivity index (χ2v) is 9.89. The van der Waals surface area contributed by atoms with E-state index >= 15 is 0 Å². The number of nitrogens with zero attached hydrogens (tertiary/aromatic N) is 3. The molecule has 1 amide bonds. The van der Waals surface area contributed by atoms with Gasteiger partial charge in [0.2, 0.25) is 15.9 Å². The van der Waals surface area contributed by atoms with Crippen LogP contribution in [0.4, 0.5) is 0 Å². The minimum absolute atomic E-state index is 0.106. The first-order chi connectivity index (χ1) is 12.9. The molecule has 0 unspecified atom stereocenters. The zero-order valence-electron chi connectivity index (χ0n) is 15.2. The van der Waals surface area contributed by atoms with Gasteiger partial charge in [0.25, 0.3) is 0 Å². The number of hydrogen-bond acceptors (Lipinski definition) is 4. The number of likely N-dealkylation sites (tertiary alicyclic amines) is 1. The van der Waals surface area contributed by atoms with Crippen LogP contribution in [0.2, 0.25) is 10.0 Å². The molecule has 6 nitrogen and oxygen atoms in total. The minimum Gasteiger partial charge on any atom is -0.342 e. The van der Waals surface area contributed by atoms with E-state index in [9.17, 15) is 13.2 Å². The number of rotatable bonds is 4. The van der Waals surface area contributed by atoms with Crippen molar-refractivity contribution in [2.75, 3.05) is 45.8 Å². The predicted molar refractivity (Wildman–Crippen MR) is 107 cm³/mol. The largest absolute Gasteiger partial charge is 0.342 e. The van der Waals surface area contributed by atoms with Crippen LogP contribution in [0.5, 0.6) is 0 Å². The highest BCUT2D eigenvalue weighted by Gasteiger charge is 2.30. The quantitative estimate of drug-likeness (QED) is 0.731. The Morgan fingerprint density at radius 3 is 1.96 bits per heavy atom. The van der Waals surface area contributed by atoms with E-state index in [4.69, 9.17) is 23.2 Å².